The van der Waals surface area contributed by atoms with Crippen molar-refractivity contribution in [1.29, 1.82) is 5.26 Å². The lowest BCUT2D eigenvalue weighted by molar-refractivity contribution is 0.444. The average Bonchev–Trinajstić information content (AvgIpc) is 2.01. The first-order chi connectivity index (χ1) is 6.38. The third kappa shape index (κ3) is 1.69. The molecule has 0 atom stereocenters. The maximum atomic E-state index is 11.2. The molecule has 0 aliphatic rings. The number of aromatic nitrogens is 1. The van der Waals surface area contributed by atoms with E-state index in [0.717, 1.165) is 11.4 Å². The number of nitriles is 1. The van der Waals surface area contributed by atoms with E-state index in [1.165, 1.54) is 0 Å². The number of pyridine rings is 1. The van der Waals surface area contributed by atoms with Gasteiger partial charge in [-0.3, -0.25) is 4.79 Å². The van der Waals surface area contributed by atoms with Crippen LogP contribution in [-0.4, -0.2) is 4.57 Å². The Morgan fingerprint density at radius 2 is 1.71 bits per heavy atom. The zero-order valence-electron chi connectivity index (χ0n) is 8.96. The van der Waals surface area contributed by atoms with Crippen LogP contribution in [0.4, 0.5) is 0 Å². The van der Waals surface area contributed by atoms with Crippen molar-refractivity contribution in [2.45, 2.75) is 33.2 Å². The Morgan fingerprint density at radius 3 is 2.07 bits per heavy atom. The van der Waals surface area contributed by atoms with Gasteiger partial charge in [-0.15, -0.1) is 0 Å². The fraction of sp³-hybridized carbons (Fsp3) is 0.455. The molecule has 3 heteroatoms. The summed E-state index contributed by atoms with van der Waals surface area (Å²) in [4.78, 5) is 11.2. The molecule has 0 saturated carbocycles. The van der Waals surface area contributed by atoms with Gasteiger partial charge in [0, 0.05) is 23.5 Å². The minimum atomic E-state index is -0.609. The molecule has 0 saturated heterocycles. The van der Waals surface area contributed by atoms with Gasteiger partial charge in [0.05, 0.1) is 6.07 Å². The zero-order valence-corrected chi connectivity index (χ0v) is 8.96. The standard InChI is InChI=1S/C11H14N2O/c1-8-5-10(14)6-9(2)13(8)11(3,4)7-12/h5-6H,1-4H3. The van der Waals surface area contributed by atoms with Crippen molar-refractivity contribution in [2.75, 3.05) is 0 Å². The largest absolute Gasteiger partial charge is 0.331 e. The van der Waals surface area contributed by atoms with Crippen molar-refractivity contribution in [1.82, 2.24) is 4.57 Å². The molecule has 0 spiro atoms. The summed E-state index contributed by atoms with van der Waals surface area (Å²) in [6.45, 7) is 7.34. The van der Waals surface area contributed by atoms with Crippen LogP contribution in [0.3, 0.4) is 0 Å². The average molecular weight is 190 g/mol. The molecule has 0 unspecified atom stereocenters. The van der Waals surface area contributed by atoms with E-state index in [1.807, 2.05) is 32.3 Å². The molecule has 0 aromatic carbocycles. The number of nitrogens with zero attached hydrogens (tertiary/aromatic N) is 2. The SMILES string of the molecule is Cc1cc(=O)cc(C)n1C(C)(C)C#N. The molecule has 1 aromatic rings. The summed E-state index contributed by atoms with van der Waals surface area (Å²) in [5.41, 5.74) is 1.02. The van der Waals surface area contributed by atoms with Crippen LogP contribution in [0.5, 0.6) is 0 Å². The Labute approximate surface area is 83.6 Å². The van der Waals surface area contributed by atoms with Gasteiger partial charge in [0.15, 0.2) is 5.43 Å². The summed E-state index contributed by atoms with van der Waals surface area (Å²) in [5, 5.41) is 9.02. The van der Waals surface area contributed by atoms with Crippen molar-refractivity contribution in [3.05, 3.63) is 33.7 Å². The molecular formula is C11H14N2O. The molecule has 0 N–H and O–H groups in total. The predicted octanol–water partition coefficient (Wildman–Crippen LogP) is 1.72. The first-order valence-corrected chi connectivity index (χ1v) is 4.50. The van der Waals surface area contributed by atoms with E-state index in [4.69, 9.17) is 5.26 Å². The van der Waals surface area contributed by atoms with E-state index in [-0.39, 0.29) is 5.43 Å². The minimum absolute atomic E-state index is 0.00927. The van der Waals surface area contributed by atoms with Crippen LogP contribution >= 0.6 is 0 Å². The Bertz CT molecular complexity index is 423. The molecule has 0 radical (unpaired) electrons. The van der Waals surface area contributed by atoms with E-state index in [0.29, 0.717) is 0 Å². The van der Waals surface area contributed by atoms with Crippen LogP contribution in [0.15, 0.2) is 16.9 Å². The quantitative estimate of drug-likeness (QED) is 0.677. The first-order valence-electron chi connectivity index (χ1n) is 4.50. The topological polar surface area (TPSA) is 45.8 Å². The summed E-state index contributed by atoms with van der Waals surface area (Å²) in [7, 11) is 0. The van der Waals surface area contributed by atoms with Gasteiger partial charge in [-0.25, -0.2) is 0 Å². The Hall–Kier alpha value is -1.56. The van der Waals surface area contributed by atoms with Crippen LogP contribution in [0.2, 0.25) is 0 Å². The van der Waals surface area contributed by atoms with E-state index in [9.17, 15) is 4.79 Å². The molecule has 0 aliphatic heterocycles. The molecule has 0 aliphatic carbocycles. The van der Waals surface area contributed by atoms with Crippen LogP contribution in [-0.2, 0) is 5.54 Å². The maximum Gasteiger partial charge on any atom is 0.182 e. The van der Waals surface area contributed by atoms with Crippen molar-refractivity contribution in [3.63, 3.8) is 0 Å². The maximum absolute atomic E-state index is 11.2. The van der Waals surface area contributed by atoms with Crippen LogP contribution in [0, 0.1) is 25.2 Å². The highest BCUT2D eigenvalue weighted by Gasteiger charge is 2.21. The van der Waals surface area contributed by atoms with Crippen molar-refractivity contribution in [2.24, 2.45) is 0 Å². The van der Waals surface area contributed by atoms with E-state index >= 15 is 0 Å². The highest BCUT2D eigenvalue weighted by atomic mass is 16.1. The summed E-state index contributed by atoms with van der Waals surface area (Å²) >= 11 is 0. The van der Waals surface area contributed by atoms with Gasteiger partial charge >= 0.3 is 0 Å². The van der Waals surface area contributed by atoms with E-state index in [2.05, 4.69) is 6.07 Å². The van der Waals surface area contributed by atoms with Crippen LogP contribution < -0.4 is 5.43 Å². The highest BCUT2D eigenvalue weighted by molar-refractivity contribution is 5.18. The molecular weight excluding hydrogens is 176 g/mol. The smallest absolute Gasteiger partial charge is 0.182 e. The van der Waals surface area contributed by atoms with Gasteiger partial charge in [0.2, 0.25) is 0 Å². The summed E-state index contributed by atoms with van der Waals surface area (Å²) in [6, 6.07) is 5.32. The van der Waals surface area contributed by atoms with Crippen LogP contribution in [0.1, 0.15) is 25.2 Å². The molecule has 3 nitrogen and oxygen atoms in total. The number of hydrogen-bond donors (Lipinski definition) is 0. The fourth-order valence-electron chi connectivity index (χ4n) is 1.79. The summed E-state index contributed by atoms with van der Waals surface area (Å²) in [5.74, 6) is 0. The van der Waals surface area contributed by atoms with Gasteiger partial charge in [0.25, 0.3) is 0 Å². The molecule has 0 amide bonds. The highest BCUT2D eigenvalue weighted by Crippen LogP contribution is 2.17. The van der Waals surface area contributed by atoms with Gasteiger partial charge < -0.3 is 4.57 Å². The van der Waals surface area contributed by atoms with E-state index in [1.54, 1.807) is 12.1 Å². The summed E-state index contributed by atoms with van der Waals surface area (Å²) in [6.07, 6.45) is 0. The number of hydrogen-bond acceptors (Lipinski definition) is 2. The fourth-order valence-corrected chi connectivity index (χ4v) is 1.79. The Balaban J connectivity index is 3.52. The van der Waals surface area contributed by atoms with E-state index < -0.39 is 5.54 Å². The Morgan fingerprint density at radius 1 is 1.29 bits per heavy atom. The lowest BCUT2D eigenvalue weighted by Gasteiger charge is -2.25. The van der Waals surface area contributed by atoms with Crippen molar-refractivity contribution >= 4 is 0 Å². The molecule has 74 valence electrons. The third-order valence-electron chi connectivity index (χ3n) is 2.24. The normalized spacial score (nSPS) is 11.1. The van der Waals surface area contributed by atoms with Crippen molar-refractivity contribution < 1.29 is 0 Å². The Kier molecular flexibility index (Phi) is 2.48. The van der Waals surface area contributed by atoms with Crippen molar-refractivity contribution in [3.8, 4) is 6.07 Å². The first kappa shape index (κ1) is 10.5. The lowest BCUT2D eigenvalue weighted by atomic mass is 10.1. The monoisotopic (exact) mass is 190 g/mol. The molecule has 1 rings (SSSR count). The predicted molar refractivity (Wildman–Crippen MR) is 55.1 cm³/mol. The number of aryl methyl sites for hydroxylation is 2. The molecule has 14 heavy (non-hydrogen) atoms. The lowest BCUT2D eigenvalue weighted by Crippen LogP contribution is -2.29. The third-order valence-corrected chi connectivity index (χ3v) is 2.24. The number of rotatable bonds is 1. The van der Waals surface area contributed by atoms with Gasteiger partial charge in [-0.2, -0.15) is 5.26 Å². The van der Waals surface area contributed by atoms with Gasteiger partial charge in [0.1, 0.15) is 5.54 Å². The summed E-state index contributed by atoms with van der Waals surface area (Å²) < 4.78 is 1.87. The molecule has 0 bridgehead atoms. The van der Waals surface area contributed by atoms with Gasteiger partial charge in [-0.1, -0.05) is 0 Å². The van der Waals surface area contributed by atoms with Gasteiger partial charge in [-0.05, 0) is 27.7 Å². The second-order valence-electron chi connectivity index (χ2n) is 3.98. The molecule has 1 heterocycles. The van der Waals surface area contributed by atoms with Crippen LogP contribution in [0.25, 0.3) is 0 Å². The molecule has 0 fully saturated rings. The minimum Gasteiger partial charge on any atom is -0.331 e. The second-order valence-corrected chi connectivity index (χ2v) is 3.98. The zero-order chi connectivity index (χ0) is 10.9. The molecule has 1 aromatic heterocycles. The second kappa shape index (κ2) is 3.30.